The largest absolute Gasteiger partial charge is 0.483 e. The number of hydrogen-bond donors (Lipinski definition) is 0. The van der Waals surface area contributed by atoms with Gasteiger partial charge in [-0.15, -0.1) is 0 Å². The number of benzene rings is 1. The number of ether oxygens (including phenoxy) is 1. The molecule has 0 bridgehead atoms. The summed E-state index contributed by atoms with van der Waals surface area (Å²) in [5, 5.41) is 0. The minimum atomic E-state index is -4.54. The lowest BCUT2D eigenvalue weighted by Gasteiger charge is -2.12. The average molecular weight is 289 g/mol. The van der Waals surface area contributed by atoms with Gasteiger partial charge < -0.3 is 4.74 Å². The van der Waals surface area contributed by atoms with Crippen LogP contribution in [0.5, 0.6) is 5.75 Å². The Kier molecular flexibility index (Phi) is 3.93. The first kappa shape index (κ1) is 14.1. The fraction of sp³-hybridized carbons (Fsp3) is 0.333. The zero-order valence-electron chi connectivity index (χ0n) is 8.58. The van der Waals surface area contributed by atoms with Crippen molar-refractivity contribution in [2.24, 2.45) is 0 Å². The van der Waals surface area contributed by atoms with E-state index in [0.29, 0.717) is 5.56 Å². The van der Waals surface area contributed by atoms with E-state index in [1.165, 1.54) is 12.1 Å². The molecule has 3 nitrogen and oxygen atoms in total. The standard InChI is InChI=1S/C9H8ClF3O3S/c1-6-2-3-8(17(10,14)15)7(4-6)16-5-9(11,12)13/h2-4H,5H2,1H3. The summed E-state index contributed by atoms with van der Waals surface area (Å²) in [5.41, 5.74) is 0.561. The van der Waals surface area contributed by atoms with Crippen molar-refractivity contribution in [3.63, 3.8) is 0 Å². The van der Waals surface area contributed by atoms with Gasteiger partial charge in [-0.05, 0) is 24.6 Å². The maximum Gasteiger partial charge on any atom is 0.422 e. The molecule has 0 saturated heterocycles. The number of rotatable bonds is 3. The quantitative estimate of drug-likeness (QED) is 0.803. The second-order valence-electron chi connectivity index (χ2n) is 3.29. The average Bonchev–Trinajstić information content (AvgIpc) is 2.11. The Morgan fingerprint density at radius 1 is 1.35 bits per heavy atom. The summed E-state index contributed by atoms with van der Waals surface area (Å²) in [6.07, 6.45) is -4.54. The molecule has 0 aromatic heterocycles. The van der Waals surface area contributed by atoms with E-state index in [1.807, 2.05) is 0 Å². The lowest BCUT2D eigenvalue weighted by Crippen LogP contribution is -2.20. The highest BCUT2D eigenvalue weighted by molar-refractivity contribution is 8.13. The Morgan fingerprint density at radius 3 is 2.41 bits per heavy atom. The third-order valence-electron chi connectivity index (χ3n) is 1.75. The van der Waals surface area contributed by atoms with E-state index in [4.69, 9.17) is 10.7 Å². The second kappa shape index (κ2) is 4.73. The Balaban J connectivity index is 3.09. The van der Waals surface area contributed by atoms with Crippen LogP contribution in [0.1, 0.15) is 5.56 Å². The number of halogens is 4. The molecule has 1 aromatic carbocycles. The van der Waals surface area contributed by atoms with Crippen molar-refractivity contribution in [3.8, 4) is 5.75 Å². The SMILES string of the molecule is Cc1ccc(S(=O)(=O)Cl)c(OCC(F)(F)F)c1. The third kappa shape index (κ3) is 4.43. The highest BCUT2D eigenvalue weighted by Gasteiger charge is 2.29. The van der Waals surface area contributed by atoms with Crippen molar-refractivity contribution < 1.29 is 26.3 Å². The molecule has 0 radical (unpaired) electrons. The third-order valence-corrected chi connectivity index (χ3v) is 3.11. The molecule has 0 saturated carbocycles. The van der Waals surface area contributed by atoms with Crippen LogP contribution in [-0.4, -0.2) is 21.2 Å². The summed E-state index contributed by atoms with van der Waals surface area (Å²) < 4.78 is 62.5. The van der Waals surface area contributed by atoms with Crippen molar-refractivity contribution in [3.05, 3.63) is 23.8 Å². The number of hydrogen-bond acceptors (Lipinski definition) is 3. The lowest BCUT2D eigenvalue weighted by atomic mass is 10.2. The van der Waals surface area contributed by atoms with E-state index < -0.39 is 32.5 Å². The maximum atomic E-state index is 12.0. The fourth-order valence-electron chi connectivity index (χ4n) is 1.09. The number of alkyl halides is 3. The Labute approximate surface area is 101 Å². The van der Waals surface area contributed by atoms with Crippen LogP contribution in [0.3, 0.4) is 0 Å². The monoisotopic (exact) mass is 288 g/mol. The van der Waals surface area contributed by atoms with Crippen molar-refractivity contribution >= 4 is 19.7 Å². The molecule has 0 aliphatic carbocycles. The molecule has 0 amide bonds. The van der Waals surface area contributed by atoms with Crippen LogP contribution in [0.2, 0.25) is 0 Å². The first-order chi connectivity index (χ1) is 7.59. The molecule has 1 aromatic rings. The Hall–Kier alpha value is -0.950. The highest BCUT2D eigenvalue weighted by Crippen LogP contribution is 2.29. The van der Waals surface area contributed by atoms with Gasteiger partial charge in [-0.3, -0.25) is 0 Å². The van der Waals surface area contributed by atoms with E-state index in [1.54, 1.807) is 6.92 Å². The van der Waals surface area contributed by atoms with E-state index in [0.717, 1.165) is 6.07 Å². The van der Waals surface area contributed by atoms with Crippen LogP contribution in [0, 0.1) is 6.92 Å². The molecule has 8 heteroatoms. The smallest absolute Gasteiger partial charge is 0.422 e. The topological polar surface area (TPSA) is 43.4 Å². The van der Waals surface area contributed by atoms with Gasteiger partial charge in [0.05, 0.1) is 0 Å². The summed E-state index contributed by atoms with van der Waals surface area (Å²) in [7, 11) is 0.939. The minimum Gasteiger partial charge on any atom is -0.483 e. The van der Waals surface area contributed by atoms with Gasteiger partial charge in [-0.1, -0.05) is 6.07 Å². The van der Waals surface area contributed by atoms with E-state index in [2.05, 4.69) is 4.74 Å². The van der Waals surface area contributed by atoms with Gasteiger partial charge in [0, 0.05) is 10.7 Å². The zero-order valence-corrected chi connectivity index (χ0v) is 10.2. The second-order valence-corrected chi connectivity index (χ2v) is 5.83. The van der Waals surface area contributed by atoms with Crippen LogP contribution in [0.4, 0.5) is 13.2 Å². The van der Waals surface area contributed by atoms with Crippen molar-refractivity contribution in [1.29, 1.82) is 0 Å². The molecule has 0 unspecified atom stereocenters. The molecule has 17 heavy (non-hydrogen) atoms. The maximum absolute atomic E-state index is 12.0. The van der Waals surface area contributed by atoms with Gasteiger partial charge in [0.2, 0.25) is 0 Å². The molecule has 0 fully saturated rings. The summed E-state index contributed by atoms with van der Waals surface area (Å²) >= 11 is 0. The zero-order chi connectivity index (χ0) is 13.3. The predicted octanol–water partition coefficient (Wildman–Crippen LogP) is 2.86. The van der Waals surface area contributed by atoms with E-state index >= 15 is 0 Å². The summed E-state index contributed by atoms with van der Waals surface area (Å²) in [6.45, 7) is 0.0148. The Bertz CT molecular complexity index is 511. The normalized spacial score (nSPS) is 12.5. The molecular formula is C9H8ClF3O3S. The molecule has 0 N–H and O–H groups in total. The predicted molar refractivity (Wildman–Crippen MR) is 55.8 cm³/mol. The highest BCUT2D eigenvalue weighted by atomic mass is 35.7. The molecule has 0 atom stereocenters. The van der Waals surface area contributed by atoms with Crippen molar-refractivity contribution in [1.82, 2.24) is 0 Å². The van der Waals surface area contributed by atoms with Crippen LogP contribution in [0.25, 0.3) is 0 Å². The summed E-state index contributed by atoms with van der Waals surface area (Å²) in [6, 6.07) is 3.69. The molecule has 0 aliphatic heterocycles. The molecule has 1 rings (SSSR count). The summed E-state index contributed by atoms with van der Waals surface area (Å²) in [4.78, 5) is -0.478. The van der Waals surface area contributed by atoms with Crippen molar-refractivity contribution in [2.75, 3.05) is 6.61 Å². The first-order valence-electron chi connectivity index (χ1n) is 4.34. The van der Waals surface area contributed by atoms with Gasteiger partial charge in [0.25, 0.3) is 9.05 Å². The van der Waals surface area contributed by atoms with Gasteiger partial charge in [-0.25, -0.2) is 8.42 Å². The Morgan fingerprint density at radius 2 is 1.94 bits per heavy atom. The molecule has 0 spiro atoms. The minimum absolute atomic E-state index is 0.405. The molecule has 0 heterocycles. The molecular weight excluding hydrogens is 281 g/mol. The van der Waals surface area contributed by atoms with Gasteiger partial charge >= 0.3 is 6.18 Å². The van der Waals surface area contributed by atoms with E-state index in [9.17, 15) is 21.6 Å². The van der Waals surface area contributed by atoms with E-state index in [-0.39, 0.29) is 0 Å². The van der Waals surface area contributed by atoms with Gasteiger partial charge in [-0.2, -0.15) is 13.2 Å². The fourth-order valence-corrected chi connectivity index (χ4v) is 2.06. The van der Waals surface area contributed by atoms with Crippen LogP contribution < -0.4 is 4.74 Å². The van der Waals surface area contributed by atoms with Crippen LogP contribution >= 0.6 is 10.7 Å². The summed E-state index contributed by atoms with van der Waals surface area (Å²) in [5.74, 6) is -0.405. The van der Waals surface area contributed by atoms with Gasteiger partial charge in [0.1, 0.15) is 10.6 Å². The van der Waals surface area contributed by atoms with Crippen molar-refractivity contribution in [2.45, 2.75) is 18.0 Å². The number of aryl methyl sites for hydroxylation is 1. The molecule has 96 valence electrons. The lowest BCUT2D eigenvalue weighted by molar-refractivity contribution is -0.153. The first-order valence-corrected chi connectivity index (χ1v) is 6.65. The van der Waals surface area contributed by atoms with Gasteiger partial charge in [0.15, 0.2) is 6.61 Å². The molecule has 0 aliphatic rings. The van der Waals surface area contributed by atoms with Crippen LogP contribution in [0.15, 0.2) is 23.1 Å². The van der Waals surface area contributed by atoms with Crippen LogP contribution in [-0.2, 0) is 9.05 Å².